The number of carbonyl (C=O) groups is 1. The van der Waals surface area contributed by atoms with E-state index in [2.05, 4.69) is 11.6 Å². The first-order valence-corrected chi connectivity index (χ1v) is 4.71. The van der Waals surface area contributed by atoms with Crippen molar-refractivity contribution in [1.82, 2.24) is 9.55 Å². The minimum absolute atomic E-state index is 0.578. The monoisotopic (exact) mass is 202 g/mol. The number of nitrogens with zero attached hydrogens (tertiary/aromatic N) is 2. The third kappa shape index (κ3) is 3.06. The van der Waals surface area contributed by atoms with E-state index < -0.39 is 0 Å². The van der Waals surface area contributed by atoms with Crippen molar-refractivity contribution in [3.8, 4) is 0 Å². The van der Waals surface area contributed by atoms with Gasteiger partial charge in [0.25, 0.3) is 0 Å². The molecule has 78 valence electrons. The first-order chi connectivity index (χ1) is 7.31. The largest absolute Gasteiger partial charge is 0.324 e. The molecule has 3 heteroatoms. The zero-order chi connectivity index (χ0) is 11.1. The van der Waals surface area contributed by atoms with Crippen molar-refractivity contribution in [3.05, 3.63) is 54.7 Å². The predicted molar refractivity (Wildman–Crippen MR) is 60.7 cm³/mol. The Bertz CT molecular complexity index is 400. The van der Waals surface area contributed by atoms with Crippen LogP contribution in [-0.4, -0.2) is 15.8 Å². The van der Waals surface area contributed by atoms with Gasteiger partial charge in [-0.25, -0.2) is 4.98 Å². The Kier molecular flexibility index (Phi) is 4.29. The van der Waals surface area contributed by atoms with Crippen LogP contribution < -0.4 is 0 Å². The molecule has 0 spiro atoms. The number of rotatable bonds is 5. The van der Waals surface area contributed by atoms with Crippen LogP contribution in [0.1, 0.15) is 17.4 Å². The van der Waals surface area contributed by atoms with Crippen LogP contribution in [-0.2, 0) is 6.54 Å². The summed E-state index contributed by atoms with van der Waals surface area (Å²) in [5, 5.41) is 0. The first kappa shape index (κ1) is 11.2. The van der Waals surface area contributed by atoms with Crippen LogP contribution in [0.4, 0.5) is 0 Å². The molecule has 0 aliphatic heterocycles. The second-order valence-corrected chi connectivity index (χ2v) is 3.04. The molecule has 0 saturated heterocycles. The number of imidazole rings is 1. The molecule has 0 unspecified atom stereocenters. The molecule has 1 heterocycles. The molecule has 0 atom stereocenters. The van der Waals surface area contributed by atoms with E-state index in [0.717, 1.165) is 11.9 Å². The van der Waals surface area contributed by atoms with Gasteiger partial charge >= 0.3 is 0 Å². The zero-order valence-corrected chi connectivity index (χ0v) is 8.76. The van der Waals surface area contributed by atoms with Gasteiger partial charge in [-0.1, -0.05) is 30.9 Å². The minimum Gasteiger partial charge on any atom is -0.324 e. The molecule has 1 aromatic heterocycles. The second kappa shape index (κ2) is 5.75. The van der Waals surface area contributed by atoms with Gasteiger partial charge in [0.1, 0.15) is 5.69 Å². The van der Waals surface area contributed by atoms with E-state index in [1.807, 2.05) is 25.2 Å². The van der Waals surface area contributed by atoms with Gasteiger partial charge in [0.2, 0.25) is 0 Å². The van der Waals surface area contributed by atoms with Crippen LogP contribution in [0.3, 0.4) is 0 Å². The van der Waals surface area contributed by atoms with Gasteiger partial charge in [-0.2, -0.15) is 0 Å². The Hall–Kier alpha value is -1.90. The van der Waals surface area contributed by atoms with Gasteiger partial charge in [-0.3, -0.25) is 4.79 Å². The number of hydrogen-bond donors (Lipinski definition) is 0. The van der Waals surface area contributed by atoms with Gasteiger partial charge in [-0.15, -0.1) is 0 Å². The molecule has 1 rings (SSSR count). The molecule has 0 aromatic carbocycles. The van der Waals surface area contributed by atoms with E-state index >= 15 is 0 Å². The highest BCUT2D eigenvalue weighted by atomic mass is 16.1. The normalized spacial score (nSPS) is 11.9. The zero-order valence-electron chi connectivity index (χ0n) is 8.76. The number of allylic oxidation sites excluding steroid dienone is 5. The Labute approximate surface area is 89.4 Å². The first-order valence-electron chi connectivity index (χ1n) is 4.71. The molecule has 0 aliphatic carbocycles. The summed E-state index contributed by atoms with van der Waals surface area (Å²) in [5.74, 6) is 0. The van der Waals surface area contributed by atoms with E-state index in [4.69, 9.17) is 0 Å². The third-order valence-corrected chi connectivity index (χ3v) is 1.93. The summed E-state index contributed by atoms with van der Waals surface area (Å²) in [4.78, 5) is 14.6. The van der Waals surface area contributed by atoms with Gasteiger partial charge in [0.15, 0.2) is 6.29 Å². The Morgan fingerprint density at radius 2 is 2.47 bits per heavy atom. The molecule has 0 fully saturated rings. The van der Waals surface area contributed by atoms with Gasteiger partial charge < -0.3 is 4.57 Å². The smallest absolute Gasteiger partial charge is 0.168 e. The highest BCUT2D eigenvalue weighted by Crippen LogP contribution is 2.05. The average Bonchev–Trinajstić information content (AvgIpc) is 2.66. The quantitative estimate of drug-likeness (QED) is 0.542. The Balaban J connectivity index is 2.87. The van der Waals surface area contributed by atoms with E-state index in [9.17, 15) is 4.79 Å². The summed E-state index contributed by atoms with van der Waals surface area (Å²) in [6, 6.07) is 0. The number of carbonyl (C=O) groups excluding carboxylic acids is 1. The molecular weight excluding hydrogens is 188 g/mol. The molecule has 0 N–H and O–H groups in total. The van der Waals surface area contributed by atoms with Crippen LogP contribution >= 0.6 is 0 Å². The third-order valence-electron chi connectivity index (χ3n) is 1.93. The molecule has 0 radical (unpaired) electrons. The number of aldehydes is 1. The predicted octanol–water partition coefficient (Wildman–Crippen LogP) is 2.38. The fraction of sp³-hybridized carbons (Fsp3) is 0.167. The summed E-state index contributed by atoms with van der Waals surface area (Å²) in [7, 11) is 0. The summed E-state index contributed by atoms with van der Waals surface area (Å²) in [5.41, 5.74) is 1.66. The second-order valence-electron chi connectivity index (χ2n) is 3.04. The Morgan fingerprint density at radius 3 is 3.07 bits per heavy atom. The molecule has 15 heavy (non-hydrogen) atoms. The molecular formula is C12H14N2O. The van der Waals surface area contributed by atoms with Crippen LogP contribution in [0, 0.1) is 0 Å². The van der Waals surface area contributed by atoms with Crippen LogP contribution in [0.5, 0.6) is 0 Å². The van der Waals surface area contributed by atoms with Crippen molar-refractivity contribution in [2.75, 3.05) is 0 Å². The molecule has 0 bridgehead atoms. The topological polar surface area (TPSA) is 34.9 Å². The summed E-state index contributed by atoms with van der Waals surface area (Å²) >= 11 is 0. The minimum atomic E-state index is 0.578. The fourth-order valence-electron chi connectivity index (χ4n) is 1.28. The van der Waals surface area contributed by atoms with Crippen molar-refractivity contribution >= 4 is 6.29 Å². The lowest BCUT2D eigenvalue weighted by molar-refractivity contribution is 0.111. The van der Waals surface area contributed by atoms with Crippen molar-refractivity contribution in [2.45, 2.75) is 13.5 Å². The van der Waals surface area contributed by atoms with Crippen molar-refractivity contribution in [2.24, 2.45) is 0 Å². The van der Waals surface area contributed by atoms with Gasteiger partial charge in [0, 0.05) is 6.54 Å². The maximum absolute atomic E-state index is 10.7. The van der Waals surface area contributed by atoms with Crippen LogP contribution in [0.25, 0.3) is 0 Å². The van der Waals surface area contributed by atoms with Gasteiger partial charge in [-0.05, 0) is 12.5 Å². The lowest BCUT2D eigenvalue weighted by atomic mass is 10.2. The number of hydrogen-bond acceptors (Lipinski definition) is 2. The highest BCUT2D eigenvalue weighted by molar-refractivity contribution is 5.71. The molecule has 1 aromatic rings. The highest BCUT2D eigenvalue weighted by Gasteiger charge is 2.00. The van der Waals surface area contributed by atoms with E-state index in [0.29, 0.717) is 12.2 Å². The van der Waals surface area contributed by atoms with Crippen molar-refractivity contribution < 1.29 is 4.79 Å². The van der Waals surface area contributed by atoms with Crippen LogP contribution in [0.2, 0.25) is 0 Å². The van der Waals surface area contributed by atoms with Crippen molar-refractivity contribution in [3.63, 3.8) is 0 Å². The molecule has 3 nitrogen and oxygen atoms in total. The summed E-state index contributed by atoms with van der Waals surface area (Å²) in [6.07, 6.45) is 11.6. The SMILES string of the molecule is C=C/C=C(\C=C/C)Cn1cncc1C=O. The van der Waals surface area contributed by atoms with E-state index in [-0.39, 0.29) is 0 Å². The average molecular weight is 202 g/mol. The van der Waals surface area contributed by atoms with E-state index in [1.165, 1.54) is 0 Å². The Morgan fingerprint density at radius 1 is 1.67 bits per heavy atom. The van der Waals surface area contributed by atoms with Crippen LogP contribution in [0.15, 0.2) is 49.0 Å². The maximum Gasteiger partial charge on any atom is 0.168 e. The van der Waals surface area contributed by atoms with Gasteiger partial charge in [0.05, 0.1) is 12.5 Å². The summed E-state index contributed by atoms with van der Waals surface area (Å²) in [6.45, 7) is 6.23. The maximum atomic E-state index is 10.7. The van der Waals surface area contributed by atoms with E-state index in [1.54, 1.807) is 23.2 Å². The molecule has 0 saturated carbocycles. The lowest BCUT2D eigenvalue weighted by Crippen LogP contribution is -2.02. The summed E-state index contributed by atoms with van der Waals surface area (Å²) < 4.78 is 1.79. The van der Waals surface area contributed by atoms with Crippen molar-refractivity contribution in [1.29, 1.82) is 0 Å². The number of aromatic nitrogens is 2. The molecule has 0 amide bonds. The lowest BCUT2D eigenvalue weighted by Gasteiger charge is -2.04. The fourth-order valence-corrected chi connectivity index (χ4v) is 1.28. The molecule has 0 aliphatic rings. The standard InChI is InChI=1S/C12H14N2O/c1-3-5-11(6-4-2)8-14-10-13-7-12(14)9-15/h3-7,9-10H,1,8H2,2H3/b6-4-,11-5+.